The Labute approximate surface area is 162 Å². The van der Waals surface area contributed by atoms with Gasteiger partial charge in [-0.05, 0) is 25.6 Å². The van der Waals surface area contributed by atoms with E-state index in [0.29, 0.717) is 11.8 Å². The van der Waals surface area contributed by atoms with Crippen LogP contribution in [0.2, 0.25) is 0 Å². The quantitative estimate of drug-likeness (QED) is 0.189. The third-order valence-electron chi connectivity index (χ3n) is 2.81. The van der Waals surface area contributed by atoms with Gasteiger partial charge in [0, 0.05) is 37.7 Å². The van der Waals surface area contributed by atoms with Gasteiger partial charge >= 0.3 is 12.0 Å². The average Bonchev–Trinajstić information content (AvgIpc) is 2.45. The van der Waals surface area contributed by atoms with E-state index in [-0.39, 0.29) is 37.2 Å². The molecule has 2 rings (SSSR count). The third-order valence-corrected chi connectivity index (χ3v) is 2.81. The first-order valence-electron chi connectivity index (χ1n) is 7.12. The Morgan fingerprint density at radius 2 is 1.88 bits per heavy atom. The van der Waals surface area contributed by atoms with Gasteiger partial charge in [-0.15, -0.1) is 23.8 Å². The number of benzene rings is 1. The molecule has 0 spiro atoms. The molecule has 143 valence electrons. The fourth-order valence-electron chi connectivity index (χ4n) is 1.82. The van der Waals surface area contributed by atoms with E-state index in [0.717, 1.165) is 11.6 Å². The van der Waals surface area contributed by atoms with E-state index in [4.69, 9.17) is 9.90 Å². The van der Waals surface area contributed by atoms with Crippen molar-refractivity contribution in [1.82, 2.24) is 4.98 Å². The van der Waals surface area contributed by atoms with Gasteiger partial charge in [0.1, 0.15) is 0 Å². The second kappa shape index (κ2) is 10.2. The van der Waals surface area contributed by atoms with Crippen molar-refractivity contribution >= 4 is 5.78 Å². The summed E-state index contributed by atoms with van der Waals surface area (Å²) < 4.78 is 50.7. The van der Waals surface area contributed by atoms with E-state index in [2.05, 4.69) is 11.1 Å². The molecule has 1 radical (unpaired) electrons. The monoisotopic (exact) mass is 548 g/mol. The maximum atomic E-state index is 13.1. The minimum absolute atomic E-state index is 0. The molecular weight excluding hydrogens is 530 g/mol. The minimum atomic E-state index is -4.72. The molecule has 2 aromatic rings. The Balaban J connectivity index is 0.000000673. The molecule has 0 unspecified atom stereocenters. The normalized spacial score (nSPS) is 11.1. The molecule has 0 aliphatic heterocycles. The molecule has 0 saturated heterocycles. The van der Waals surface area contributed by atoms with E-state index in [9.17, 15) is 17.6 Å². The van der Waals surface area contributed by atoms with Crippen molar-refractivity contribution in [2.75, 3.05) is 0 Å². The zero-order valence-corrected chi connectivity index (χ0v) is 16.5. The maximum Gasteiger partial charge on any atom is 0.402 e. The van der Waals surface area contributed by atoms with Gasteiger partial charge in [-0.25, -0.2) is 0 Å². The van der Waals surface area contributed by atoms with Gasteiger partial charge in [-0.2, -0.15) is 13.2 Å². The number of pyridine rings is 1. The summed E-state index contributed by atoms with van der Waals surface area (Å²) in [5.74, 6) is -1.08. The largest absolute Gasteiger partial charge is 0.512 e. The van der Waals surface area contributed by atoms with Crippen molar-refractivity contribution in [3.63, 3.8) is 0 Å². The van der Waals surface area contributed by atoms with Gasteiger partial charge in [0.05, 0.1) is 18.8 Å². The van der Waals surface area contributed by atoms with Crippen molar-refractivity contribution in [3.8, 4) is 11.3 Å². The van der Waals surface area contributed by atoms with Gasteiger partial charge in [0.2, 0.25) is 0 Å². The van der Waals surface area contributed by atoms with Gasteiger partial charge < -0.3 is 10.1 Å². The molecule has 3 nitrogen and oxygen atoms in total. The van der Waals surface area contributed by atoms with E-state index >= 15 is 0 Å². The SMILES string of the molecule is CC(=[OH+])/C=C(/C)O.Cc1ccnc(-c2[c-]cc(F)c(C(F)(F)F)c2)c1.[Ir]. The molecule has 26 heavy (non-hydrogen) atoms. The Morgan fingerprint density at radius 1 is 1.27 bits per heavy atom. The average molecular weight is 548 g/mol. The first-order valence-corrected chi connectivity index (χ1v) is 7.12. The third kappa shape index (κ3) is 7.89. The number of aliphatic hydroxyl groups excluding tert-OH is 1. The predicted molar refractivity (Wildman–Crippen MR) is 87.2 cm³/mol. The van der Waals surface area contributed by atoms with Gasteiger partial charge in [0.25, 0.3) is 0 Å². The summed E-state index contributed by atoms with van der Waals surface area (Å²) in [6.45, 7) is 4.79. The number of nitrogens with zero attached hydrogens (tertiary/aromatic N) is 1. The number of hydrogen-bond acceptors (Lipinski definition) is 2. The molecule has 0 bridgehead atoms. The smallest absolute Gasteiger partial charge is 0.402 e. The Bertz CT molecular complexity index is 785. The van der Waals surface area contributed by atoms with Crippen LogP contribution in [0.1, 0.15) is 25.0 Å². The number of aliphatic hydroxyl groups is 1. The van der Waals surface area contributed by atoms with Crippen LogP contribution >= 0.6 is 0 Å². The summed E-state index contributed by atoms with van der Waals surface area (Å²) in [7, 11) is 0. The second-order valence-electron chi connectivity index (χ2n) is 5.25. The molecule has 0 fully saturated rings. The minimum Gasteiger partial charge on any atom is -0.512 e. The number of aromatic nitrogens is 1. The number of halogens is 4. The van der Waals surface area contributed by atoms with Crippen molar-refractivity contribution in [2.24, 2.45) is 0 Å². The van der Waals surface area contributed by atoms with Gasteiger partial charge in [-0.3, -0.25) is 9.18 Å². The van der Waals surface area contributed by atoms with Crippen LogP contribution in [0.3, 0.4) is 0 Å². The molecular formula is C18H17F4IrNO2. The molecule has 0 aliphatic rings. The zero-order valence-electron chi connectivity index (χ0n) is 14.2. The number of rotatable bonds is 2. The van der Waals surface area contributed by atoms with Crippen LogP contribution in [0.4, 0.5) is 17.6 Å². The van der Waals surface area contributed by atoms with Crippen molar-refractivity contribution < 1.29 is 47.6 Å². The Hall–Kier alpha value is -2.05. The Kier molecular flexibility index (Phi) is 9.38. The van der Waals surface area contributed by atoms with Crippen LogP contribution in [0.15, 0.2) is 42.3 Å². The molecule has 1 aromatic heterocycles. The maximum absolute atomic E-state index is 13.1. The zero-order chi connectivity index (χ0) is 19.2. The topological polar surface area (TPSA) is 54.5 Å². The molecule has 8 heteroatoms. The molecule has 0 saturated carbocycles. The predicted octanol–water partition coefficient (Wildman–Crippen LogP) is 5.03. The Morgan fingerprint density at radius 3 is 2.31 bits per heavy atom. The number of allylic oxidation sites excluding steroid dienone is 2. The van der Waals surface area contributed by atoms with E-state index in [1.54, 1.807) is 19.1 Å². The summed E-state index contributed by atoms with van der Waals surface area (Å²) in [5, 5.41) is 8.40. The fraction of sp³-hybridized carbons (Fsp3) is 0.222. The van der Waals surface area contributed by atoms with Crippen molar-refractivity contribution in [1.29, 1.82) is 0 Å². The standard InChI is InChI=1S/C13H8F4N.C5H8O2.Ir/c1-8-4-5-18-12(6-8)9-2-3-11(14)10(7-9)13(15,16)17;1-4(6)3-5(2)7;/h3-7H,1H3;3,6H,1-2H3;/q-1;;/p+1/b;4-3-;. The summed E-state index contributed by atoms with van der Waals surface area (Å²) in [4.78, 5) is 12.3. The van der Waals surface area contributed by atoms with Crippen LogP contribution in [0, 0.1) is 18.8 Å². The molecule has 0 aliphatic carbocycles. The first-order chi connectivity index (χ1) is 11.5. The first kappa shape index (κ1) is 23.9. The van der Waals surface area contributed by atoms with Crippen LogP contribution < -0.4 is 0 Å². The number of ketones is 1. The molecule has 1 aromatic carbocycles. The number of aryl methyl sites for hydroxylation is 1. The summed E-state index contributed by atoms with van der Waals surface area (Å²) >= 11 is 0. The van der Waals surface area contributed by atoms with Crippen LogP contribution in [0.5, 0.6) is 0 Å². The second-order valence-corrected chi connectivity index (χ2v) is 5.25. The van der Waals surface area contributed by atoms with E-state index in [1.165, 1.54) is 26.1 Å². The number of carbonyl (C=O) groups excluding carboxylic acids is 1. The molecule has 2 N–H and O–H groups in total. The van der Waals surface area contributed by atoms with Crippen molar-refractivity contribution in [3.05, 3.63) is 65.3 Å². The summed E-state index contributed by atoms with van der Waals surface area (Å²) in [5.41, 5.74) is -0.00114. The summed E-state index contributed by atoms with van der Waals surface area (Å²) in [6.07, 6.45) is -1.97. The molecule has 1 heterocycles. The summed E-state index contributed by atoms with van der Waals surface area (Å²) in [6, 6.07) is 7.19. The molecule has 0 atom stereocenters. The van der Waals surface area contributed by atoms with E-state index < -0.39 is 17.6 Å². The van der Waals surface area contributed by atoms with Crippen LogP contribution in [0.25, 0.3) is 11.3 Å². The van der Waals surface area contributed by atoms with Gasteiger partial charge in [0.15, 0.2) is 0 Å². The van der Waals surface area contributed by atoms with Gasteiger partial charge in [-0.1, -0.05) is 11.6 Å². The van der Waals surface area contributed by atoms with Crippen molar-refractivity contribution in [2.45, 2.75) is 26.9 Å². The van der Waals surface area contributed by atoms with Crippen LogP contribution in [-0.2, 0) is 26.3 Å². The number of hydrogen-bond donors (Lipinski definition) is 1. The fourth-order valence-corrected chi connectivity index (χ4v) is 1.82. The van der Waals surface area contributed by atoms with Crippen LogP contribution in [-0.4, -0.2) is 20.7 Å². The van der Waals surface area contributed by atoms with E-state index in [1.807, 2.05) is 0 Å². The molecule has 0 amide bonds. The number of alkyl halides is 3.